The Labute approximate surface area is 152 Å². The first-order valence-corrected chi connectivity index (χ1v) is 8.14. The zero-order valence-corrected chi connectivity index (χ0v) is 14.8. The third-order valence-corrected chi connectivity index (χ3v) is 3.87. The molecule has 1 aliphatic rings. The molecule has 9 nitrogen and oxygen atoms in total. The van der Waals surface area contributed by atoms with Gasteiger partial charge in [-0.15, -0.1) is 13.2 Å². The van der Waals surface area contributed by atoms with Crippen molar-refractivity contribution >= 4 is 17.0 Å². The minimum atomic E-state index is -4.87. The summed E-state index contributed by atoms with van der Waals surface area (Å²) in [6, 6.07) is 0. The van der Waals surface area contributed by atoms with E-state index < -0.39 is 37.5 Å². The number of aliphatic hydroxyl groups excluding tert-OH is 2. The third-order valence-electron chi connectivity index (χ3n) is 3.87. The second-order valence-electron chi connectivity index (χ2n) is 7.22. The second-order valence-corrected chi connectivity index (χ2v) is 7.22. The lowest BCUT2D eigenvalue weighted by Crippen LogP contribution is -2.35. The van der Waals surface area contributed by atoms with Gasteiger partial charge in [0.1, 0.15) is 24.6 Å². The number of halogens is 3. The maximum atomic E-state index is 12.2. The molecule has 1 aliphatic heterocycles. The Morgan fingerprint density at radius 2 is 1.89 bits per heavy atom. The Morgan fingerprint density at radius 1 is 1.19 bits per heavy atom. The van der Waals surface area contributed by atoms with E-state index in [1.54, 1.807) is 0 Å². The Bertz CT molecular complexity index is 807. The van der Waals surface area contributed by atoms with Crippen LogP contribution in [0.2, 0.25) is 0 Å². The van der Waals surface area contributed by atoms with Gasteiger partial charge in [-0.25, -0.2) is 15.0 Å². The standard InChI is InChI=1S/C15H20F3N5O4/c1-14(2,3)22-11-8-12(20-5-19-11)23(6-21-8)13-10(25)9(24)7(27-13)4-26-15(16,17)18/h5-7,9-10,13,24-25H,4H2,1-3H3,(H,19,20,22). The van der Waals surface area contributed by atoms with Crippen LogP contribution in [0.1, 0.15) is 27.0 Å². The SMILES string of the molecule is CC(C)(C)Nc1ncnc2c1ncn2C1OC(COC(F)(F)F)C(O)C1O. The van der Waals surface area contributed by atoms with Crippen molar-refractivity contribution in [2.24, 2.45) is 0 Å². The van der Waals surface area contributed by atoms with Crippen LogP contribution in [0.25, 0.3) is 11.2 Å². The number of hydrogen-bond acceptors (Lipinski definition) is 8. The molecule has 3 heterocycles. The second kappa shape index (κ2) is 6.86. The average Bonchev–Trinajstić information content (AvgIpc) is 3.07. The number of nitrogens with zero attached hydrogens (tertiary/aromatic N) is 4. The Morgan fingerprint density at radius 3 is 2.52 bits per heavy atom. The minimum Gasteiger partial charge on any atom is -0.387 e. The van der Waals surface area contributed by atoms with Crippen molar-refractivity contribution in [1.82, 2.24) is 19.5 Å². The van der Waals surface area contributed by atoms with Crippen LogP contribution >= 0.6 is 0 Å². The lowest BCUT2D eigenvalue weighted by Gasteiger charge is -2.21. The number of hydrogen-bond donors (Lipinski definition) is 3. The van der Waals surface area contributed by atoms with Gasteiger partial charge in [0.15, 0.2) is 23.2 Å². The average molecular weight is 391 g/mol. The number of aromatic nitrogens is 4. The summed E-state index contributed by atoms with van der Waals surface area (Å²) in [5, 5.41) is 23.4. The molecular weight excluding hydrogens is 371 g/mol. The molecule has 0 bridgehead atoms. The molecule has 12 heteroatoms. The van der Waals surface area contributed by atoms with Crippen molar-refractivity contribution in [3.63, 3.8) is 0 Å². The summed E-state index contributed by atoms with van der Waals surface area (Å²) in [5.41, 5.74) is 0.392. The van der Waals surface area contributed by atoms with E-state index in [1.807, 2.05) is 20.8 Å². The monoisotopic (exact) mass is 391 g/mol. The Balaban J connectivity index is 1.86. The molecule has 3 rings (SSSR count). The van der Waals surface area contributed by atoms with Gasteiger partial charge in [0.05, 0.1) is 12.9 Å². The first-order chi connectivity index (χ1) is 12.5. The van der Waals surface area contributed by atoms with Gasteiger partial charge in [-0.3, -0.25) is 9.30 Å². The van der Waals surface area contributed by atoms with Gasteiger partial charge in [-0.05, 0) is 20.8 Å². The molecule has 27 heavy (non-hydrogen) atoms. The van der Waals surface area contributed by atoms with Crippen LogP contribution in [0.4, 0.5) is 19.0 Å². The summed E-state index contributed by atoms with van der Waals surface area (Å²) < 4.78 is 47.1. The Hall–Kier alpha value is -2.02. The van der Waals surface area contributed by atoms with Crippen molar-refractivity contribution < 1.29 is 32.9 Å². The molecule has 0 amide bonds. The minimum absolute atomic E-state index is 0.297. The van der Waals surface area contributed by atoms with Gasteiger partial charge in [-0.2, -0.15) is 0 Å². The fourth-order valence-electron chi connectivity index (χ4n) is 2.76. The molecule has 0 aromatic carbocycles. The normalized spacial score (nSPS) is 26.7. The summed E-state index contributed by atoms with van der Waals surface area (Å²) in [6.07, 6.45) is -7.85. The van der Waals surface area contributed by atoms with Crippen LogP contribution in [0.5, 0.6) is 0 Å². The predicted octanol–water partition coefficient (Wildman–Crippen LogP) is 1.19. The van der Waals surface area contributed by atoms with Gasteiger partial charge in [0.2, 0.25) is 0 Å². The van der Waals surface area contributed by atoms with E-state index in [-0.39, 0.29) is 5.54 Å². The Kier molecular flexibility index (Phi) is 5.01. The van der Waals surface area contributed by atoms with Crippen molar-refractivity contribution in [1.29, 1.82) is 0 Å². The molecule has 0 spiro atoms. The van der Waals surface area contributed by atoms with E-state index >= 15 is 0 Å². The number of aliphatic hydroxyl groups is 2. The van der Waals surface area contributed by atoms with Gasteiger partial charge in [0.25, 0.3) is 0 Å². The lowest BCUT2D eigenvalue weighted by atomic mass is 10.1. The molecule has 2 aromatic heterocycles. The maximum Gasteiger partial charge on any atom is 0.522 e. The van der Waals surface area contributed by atoms with Gasteiger partial charge in [-0.1, -0.05) is 0 Å². The topological polar surface area (TPSA) is 115 Å². The van der Waals surface area contributed by atoms with E-state index in [0.29, 0.717) is 17.0 Å². The summed E-state index contributed by atoms with van der Waals surface area (Å²) in [6.45, 7) is 4.85. The molecule has 3 N–H and O–H groups in total. The van der Waals surface area contributed by atoms with E-state index in [9.17, 15) is 23.4 Å². The molecule has 1 fully saturated rings. The zero-order valence-electron chi connectivity index (χ0n) is 14.8. The van der Waals surface area contributed by atoms with E-state index in [1.165, 1.54) is 17.2 Å². The molecule has 4 atom stereocenters. The highest BCUT2D eigenvalue weighted by molar-refractivity contribution is 5.83. The number of rotatable bonds is 4. The van der Waals surface area contributed by atoms with Gasteiger partial charge >= 0.3 is 6.36 Å². The van der Waals surface area contributed by atoms with Gasteiger partial charge < -0.3 is 20.3 Å². The quantitative estimate of drug-likeness (QED) is 0.712. The van der Waals surface area contributed by atoms with E-state index in [4.69, 9.17) is 4.74 Å². The number of imidazole rings is 1. The van der Waals surface area contributed by atoms with Crippen molar-refractivity contribution in [3.05, 3.63) is 12.7 Å². The summed E-state index contributed by atoms with van der Waals surface area (Å²) in [7, 11) is 0. The van der Waals surface area contributed by atoms with Gasteiger partial charge in [0, 0.05) is 5.54 Å². The van der Waals surface area contributed by atoms with E-state index in [2.05, 4.69) is 25.0 Å². The molecule has 1 saturated heterocycles. The first kappa shape index (κ1) is 19.7. The number of ether oxygens (including phenoxy) is 2. The highest BCUT2D eigenvalue weighted by atomic mass is 19.4. The molecule has 2 aromatic rings. The van der Waals surface area contributed by atoms with Crippen molar-refractivity contribution in [2.75, 3.05) is 11.9 Å². The molecule has 150 valence electrons. The maximum absolute atomic E-state index is 12.2. The fraction of sp³-hybridized carbons (Fsp3) is 0.667. The lowest BCUT2D eigenvalue weighted by molar-refractivity contribution is -0.333. The van der Waals surface area contributed by atoms with Crippen LogP contribution < -0.4 is 5.32 Å². The van der Waals surface area contributed by atoms with Crippen LogP contribution in [0.15, 0.2) is 12.7 Å². The molecule has 0 saturated carbocycles. The molecule has 4 unspecified atom stereocenters. The van der Waals surface area contributed by atoms with Crippen LogP contribution in [0.3, 0.4) is 0 Å². The summed E-state index contributed by atoms with van der Waals surface area (Å²) >= 11 is 0. The highest BCUT2D eigenvalue weighted by Gasteiger charge is 2.46. The number of nitrogens with one attached hydrogen (secondary N) is 1. The number of anilines is 1. The van der Waals surface area contributed by atoms with Crippen LogP contribution in [-0.4, -0.2) is 66.6 Å². The highest BCUT2D eigenvalue weighted by Crippen LogP contribution is 2.33. The number of alkyl halides is 3. The zero-order chi connectivity index (χ0) is 20.0. The largest absolute Gasteiger partial charge is 0.522 e. The molecule has 0 aliphatic carbocycles. The summed E-state index contributed by atoms with van der Waals surface area (Å²) in [5.74, 6) is 0.455. The summed E-state index contributed by atoms with van der Waals surface area (Å²) in [4.78, 5) is 12.5. The molecule has 0 radical (unpaired) electrons. The third kappa shape index (κ3) is 4.29. The predicted molar refractivity (Wildman–Crippen MR) is 86.6 cm³/mol. The molecular formula is C15H20F3N5O4. The van der Waals surface area contributed by atoms with Crippen molar-refractivity contribution in [3.8, 4) is 0 Å². The fourth-order valence-corrected chi connectivity index (χ4v) is 2.76. The van der Waals surface area contributed by atoms with E-state index in [0.717, 1.165) is 0 Å². The van der Waals surface area contributed by atoms with Crippen LogP contribution in [-0.2, 0) is 9.47 Å². The first-order valence-electron chi connectivity index (χ1n) is 8.14. The van der Waals surface area contributed by atoms with Crippen molar-refractivity contribution in [2.45, 2.75) is 57.2 Å². The number of fused-ring (bicyclic) bond motifs is 1. The smallest absolute Gasteiger partial charge is 0.387 e. The van der Waals surface area contributed by atoms with Crippen LogP contribution in [0, 0.1) is 0 Å².